The van der Waals surface area contributed by atoms with E-state index in [1.807, 2.05) is 18.2 Å². The standard InChI is InChI=1S/C24H20N4O.BrH/c1-15(19-8-4-6-16-5-2-3-7-20(16)19)27-23-21-13-22(28-24(21)26-14-25-23)17-9-11-18(29)12-10-17;/h2-15,29H,1H3,(H2,25,26,27,28);1H. The molecule has 5 aromatic rings. The number of phenolic OH excluding ortho intramolecular Hbond substituents is 1. The molecule has 0 saturated heterocycles. The molecule has 2 heterocycles. The van der Waals surface area contributed by atoms with Gasteiger partial charge in [-0.3, -0.25) is 0 Å². The number of rotatable bonds is 4. The highest BCUT2D eigenvalue weighted by atomic mass is 79.9. The number of hydrogen-bond acceptors (Lipinski definition) is 4. The molecule has 0 fully saturated rings. The molecule has 0 aliphatic rings. The number of anilines is 1. The molecule has 3 N–H and O–H groups in total. The average molecular weight is 461 g/mol. The maximum atomic E-state index is 9.53. The summed E-state index contributed by atoms with van der Waals surface area (Å²) >= 11 is 0. The lowest BCUT2D eigenvalue weighted by Gasteiger charge is -2.17. The fourth-order valence-corrected chi connectivity index (χ4v) is 3.76. The molecule has 0 aliphatic carbocycles. The van der Waals surface area contributed by atoms with E-state index in [0.29, 0.717) is 0 Å². The van der Waals surface area contributed by atoms with Crippen LogP contribution in [0.3, 0.4) is 0 Å². The number of benzene rings is 3. The number of phenols is 1. The predicted octanol–water partition coefficient (Wildman–Crippen LogP) is 6.23. The average Bonchev–Trinajstić information content (AvgIpc) is 3.19. The minimum atomic E-state index is 0. The maximum Gasteiger partial charge on any atom is 0.143 e. The molecule has 2 aromatic heterocycles. The van der Waals surface area contributed by atoms with E-state index >= 15 is 0 Å². The topological polar surface area (TPSA) is 73.8 Å². The summed E-state index contributed by atoms with van der Waals surface area (Å²) < 4.78 is 0. The van der Waals surface area contributed by atoms with Gasteiger partial charge in [0, 0.05) is 5.69 Å². The van der Waals surface area contributed by atoms with Gasteiger partial charge in [0.1, 0.15) is 23.5 Å². The largest absolute Gasteiger partial charge is 0.508 e. The van der Waals surface area contributed by atoms with Crippen LogP contribution >= 0.6 is 17.0 Å². The Morgan fingerprint density at radius 3 is 2.50 bits per heavy atom. The van der Waals surface area contributed by atoms with Crippen LogP contribution in [-0.2, 0) is 0 Å². The van der Waals surface area contributed by atoms with Crippen molar-refractivity contribution in [1.82, 2.24) is 15.0 Å². The Morgan fingerprint density at radius 1 is 0.900 bits per heavy atom. The summed E-state index contributed by atoms with van der Waals surface area (Å²) in [5, 5.41) is 16.5. The number of aromatic amines is 1. The third-order valence-electron chi connectivity index (χ3n) is 5.25. The highest BCUT2D eigenvalue weighted by Gasteiger charge is 2.14. The van der Waals surface area contributed by atoms with Crippen molar-refractivity contribution in [3.05, 3.63) is 84.7 Å². The Labute approximate surface area is 184 Å². The molecular formula is C24H21BrN4O. The molecule has 0 saturated carbocycles. The van der Waals surface area contributed by atoms with Gasteiger partial charge in [-0.15, -0.1) is 17.0 Å². The van der Waals surface area contributed by atoms with Crippen molar-refractivity contribution in [2.45, 2.75) is 13.0 Å². The van der Waals surface area contributed by atoms with Crippen LogP contribution in [0.2, 0.25) is 0 Å². The van der Waals surface area contributed by atoms with Gasteiger partial charge in [0.15, 0.2) is 0 Å². The summed E-state index contributed by atoms with van der Waals surface area (Å²) in [7, 11) is 0. The summed E-state index contributed by atoms with van der Waals surface area (Å²) in [6.07, 6.45) is 1.57. The summed E-state index contributed by atoms with van der Waals surface area (Å²) in [6, 6.07) is 24.0. The normalized spacial score (nSPS) is 11.9. The maximum absolute atomic E-state index is 9.53. The van der Waals surface area contributed by atoms with Gasteiger partial charge in [-0.25, -0.2) is 9.97 Å². The quantitative estimate of drug-likeness (QED) is 0.297. The number of fused-ring (bicyclic) bond motifs is 2. The van der Waals surface area contributed by atoms with Crippen LogP contribution in [0.5, 0.6) is 5.75 Å². The summed E-state index contributed by atoms with van der Waals surface area (Å²) in [5.41, 5.74) is 3.91. The van der Waals surface area contributed by atoms with E-state index in [-0.39, 0.29) is 28.8 Å². The van der Waals surface area contributed by atoms with Crippen LogP contribution < -0.4 is 5.32 Å². The number of hydrogen-bond donors (Lipinski definition) is 3. The van der Waals surface area contributed by atoms with E-state index in [0.717, 1.165) is 28.1 Å². The highest BCUT2D eigenvalue weighted by Crippen LogP contribution is 2.31. The van der Waals surface area contributed by atoms with Crippen LogP contribution in [0.25, 0.3) is 33.1 Å². The van der Waals surface area contributed by atoms with Crippen molar-refractivity contribution in [3.63, 3.8) is 0 Å². The van der Waals surface area contributed by atoms with Gasteiger partial charge >= 0.3 is 0 Å². The van der Waals surface area contributed by atoms with Crippen LogP contribution in [0.1, 0.15) is 18.5 Å². The SMILES string of the molecule is Br.CC(Nc1ncnc2[nH]c(-c3ccc(O)cc3)cc12)c1cccc2ccccc12. The fraction of sp³-hybridized carbons (Fsp3) is 0.0833. The number of halogens is 1. The summed E-state index contributed by atoms with van der Waals surface area (Å²) in [4.78, 5) is 12.2. The molecule has 3 aromatic carbocycles. The summed E-state index contributed by atoms with van der Waals surface area (Å²) in [5.74, 6) is 1.03. The Balaban J connectivity index is 0.00000218. The molecule has 0 bridgehead atoms. The Hall–Kier alpha value is -3.38. The molecule has 0 radical (unpaired) electrons. The number of H-pyrrole nitrogens is 1. The monoisotopic (exact) mass is 460 g/mol. The first-order chi connectivity index (χ1) is 14.2. The lowest BCUT2D eigenvalue weighted by Crippen LogP contribution is -2.08. The first kappa shape index (κ1) is 19.9. The third kappa shape index (κ3) is 3.62. The molecule has 150 valence electrons. The molecule has 30 heavy (non-hydrogen) atoms. The molecule has 0 spiro atoms. The van der Waals surface area contributed by atoms with Gasteiger partial charge in [0.05, 0.1) is 11.4 Å². The van der Waals surface area contributed by atoms with Gasteiger partial charge in [-0.2, -0.15) is 0 Å². The van der Waals surface area contributed by atoms with E-state index < -0.39 is 0 Å². The van der Waals surface area contributed by atoms with Gasteiger partial charge in [0.25, 0.3) is 0 Å². The van der Waals surface area contributed by atoms with E-state index in [1.54, 1.807) is 18.5 Å². The van der Waals surface area contributed by atoms with Crippen LogP contribution in [0.4, 0.5) is 5.82 Å². The van der Waals surface area contributed by atoms with Crippen molar-refractivity contribution < 1.29 is 5.11 Å². The second kappa shape index (κ2) is 8.16. The molecule has 0 amide bonds. The zero-order valence-electron chi connectivity index (χ0n) is 16.3. The molecule has 0 aliphatic heterocycles. The Kier molecular flexibility index (Phi) is 5.42. The van der Waals surface area contributed by atoms with Gasteiger partial charge < -0.3 is 15.4 Å². The zero-order chi connectivity index (χ0) is 19.8. The zero-order valence-corrected chi connectivity index (χ0v) is 18.0. The fourth-order valence-electron chi connectivity index (χ4n) is 3.76. The van der Waals surface area contributed by atoms with E-state index in [9.17, 15) is 5.11 Å². The first-order valence-electron chi connectivity index (χ1n) is 9.56. The second-order valence-electron chi connectivity index (χ2n) is 7.15. The molecular weight excluding hydrogens is 440 g/mol. The lowest BCUT2D eigenvalue weighted by molar-refractivity contribution is 0.475. The third-order valence-corrected chi connectivity index (χ3v) is 5.25. The molecule has 5 rings (SSSR count). The second-order valence-corrected chi connectivity index (χ2v) is 7.15. The van der Waals surface area contributed by atoms with Gasteiger partial charge in [-0.05, 0) is 59.2 Å². The number of aromatic nitrogens is 3. The number of aromatic hydroxyl groups is 1. The lowest BCUT2D eigenvalue weighted by atomic mass is 9.99. The first-order valence-corrected chi connectivity index (χ1v) is 9.56. The minimum Gasteiger partial charge on any atom is -0.508 e. The van der Waals surface area contributed by atoms with Crippen LogP contribution in [0, 0.1) is 0 Å². The van der Waals surface area contributed by atoms with Gasteiger partial charge in [-0.1, -0.05) is 42.5 Å². The van der Waals surface area contributed by atoms with E-state index in [1.165, 1.54) is 16.3 Å². The predicted molar refractivity (Wildman–Crippen MR) is 127 cm³/mol. The van der Waals surface area contributed by atoms with Crippen molar-refractivity contribution in [2.75, 3.05) is 5.32 Å². The van der Waals surface area contributed by atoms with Crippen molar-refractivity contribution >= 4 is 44.6 Å². The summed E-state index contributed by atoms with van der Waals surface area (Å²) in [6.45, 7) is 2.14. The minimum absolute atomic E-state index is 0. The van der Waals surface area contributed by atoms with Crippen LogP contribution in [-0.4, -0.2) is 20.1 Å². The molecule has 5 nitrogen and oxygen atoms in total. The van der Waals surface area contributed by atoms with Crippen molar-refractivity contribution in [3.8, 4) is 17.0 Å². The van der Waals surface area contributed by atoms with Crippen molar-refractivity contribution in [1.29, 1.82) is 0 Å². The highest BCUT2D eigenvalue weighted by molar-refractivity contribution is 8.93. The van der Waals surface area contributed by atoms with E-state index in [4.69, 9.17) is 0 Å². The van der Waals surface area contributed by atoms with Gasteiger partial charge in [0.2, 0.25) is 0 Å². The van der Waals surface area contributed by atoms with Crippen LogP contribution in [0.15, 0.2) is 79.1 Å². The molecule has 6 heteroatoms. The molecule has 1 unspecified atom stereocenters. The van der Waals surface area contributed by atoms with Crippen molar-refractivity contribution in [2.24, 2.45) is 0 Å². The number of nitrogens with zero attached hydrogens (tertiary/aromatic N) is 2. The smallest absolute Gasteiger partial charge is 0.143 e. The Bertz CT molecular complexity index is 1310. The number of nitrogens with one attached hydrogen (secondary N) is 2. The molecule has 1 atom stereocenters. The Morgan fingerprint density at radius 2 is 1.67 bits per heavy atom. The van der Waals surface area contributed by atoms with E-state index in [2.05, 4.69) is 69.7 Å².